The summed E-state index contributed by atoms with van der Waals surface area (Å²) < 4.78 is 1.03. The molecule has 0 fully saturated rings. The Kier molecular flexibility index (Phi) is 4.77. The van der Waals surface area contributed by atoms with Gasteiger partial charge in [-0.15, -0.1) is 0 Å². The number of nitrogens with one attached hydrogen (secondary N) is 1. The van der Waals surface area contributed by atoms with Gasteiger partial charge in [0.2, 0.25) is 0 Å². The van der Waals surface area contributed by atoms with Crippen LogP contribution in [0.4, 0.5) is 5.82 Å². The first-order chi connectivity index (χ1) is 8.69. The van der Waals surface area contributed by atoms with E-state index in [9.17, 15) is 0 Å². The predicted octanol–water partition coefficient (Wildman–Crippen LogP) is 3.76. The van der Waals surface area contributed by atoms with Crippen LogP contribution >= 0.6 is 34.2 Å². The number of hydrogen-bond acceptors (Lipinski definition) is 3. The standard InChI is InChI=1S/C13H13ClIN3/c1-2-16-13-11(15)8-17-12(18-13)7-9-4-3-5-10(14)6-9/h3-6,8H,2,7H2,1H3,(H,16,17,18). The maximum absolute atomic E-state index is 5.96. The molecule has 0 aliphatic heterocycles. The van der Waals surface area contributed by atoms with Crippen LogP contribution in [0.1, 0.15) is 18.3 Å². The first-order valence-electron chi connectivity index (χ1n) is 5.68. The van der Waals surface area contributed by atoms with Crippen molar-refractivity contribution in [2.45, 2.75) is 13.3 Å². The molecule has 0 saturated heterocycles. The molecule has 5 heteroatoms. The first kappa shape index (κ1) is 13.5. The summed E-state index contributed by atoms with van der Waals surface area (Å²) in [5.74, 6) is 1.69. The zero-order chi connectivity index (χ0) is 13.0. The van der Waals surface area contributed by atoms with Crippen LogP contribution in [-0.2, 0) is 6.42 Å². The number of anilines is 1. The lowest BCUT2D eigenvalue weighted by Gasteiger charge is -2.07. The topological polar surface area (TPSA) is 37.8 Å². The molecular formula is C13H13ClIN3. The van der Waals surface area contributed by atoms with E-state index in [0.717, 1.165) is 32.3 Å². The number of benzene rings is 1. The highest BCUT2D eigenvalue weighted by atomic mass is 127. The SMILES string of the molecule is CCNc1nc(Cc2cccc(Cl)c2)ncc1I. The lowest BCUT2D eigenvalue weighted by molar-refractivity contribution is 0.955. The van der Waals surface area contributed by atoms with E-state index >= 15 is 0 Å². The second-order valence-electron chi connectivity index (χ2n) is 3.82. The van der Waals surface area contributed by atoms with Crippen LogP contribution in [0.2, 0.25) is 5.02 Å². The molecule has 1 aromatic carbocycles. The number of halogens is 2. The van der Waals surface area contributed by atoms with Gasteiger partial charge < -0.3 is 5.32 Å². The summed E-state index contributed by atoms with van der Waals surface area (Å²) in [5, 5.41) is 3.97. The molecule has 0 amide bonds. The fourth-order valence-corrected chi connectivity index (χ4v) is 2.27. The van der Waals surface area contributed by atoms with Crippen molar-refractivity contribution in [3.8, 4) is 0 Å². The van der Waals surface area contributed by atoms with Gasteiger partial charge >= 0.3 is 0 Å². The van der Waals surface area contributed by atoms with Crippen molar-refractivity contribution in [2.24, 2.45) is 0 Å². The van der Waals surface area contributed by atoms with Crippen LogP contribution in [0.5, 0.6) is 0 Å². The zero-order valence-corrected chi connectivity index (χ0v) is 12.9. The van der Waals surface area contributed by atoms with E-state index < -0.39 is 0 Å². The van der Waals surface area contributed by atoms with Crippen molar-refractivity contribution in [3.63, 3.8) is 0 Å². The van der Waals surface area contributed by atoms with Crippen LogP contribution in [0.25, 0.3) is 0 Å². The van der Waals surface area contributed by atoms with Crippen LogP contribution in [0.3, 0.4) is 0 Å². The lowest BCUT2D eigenvalue weighted by Crippen LogP contribution is -2.06. The molecule has 0 saturated carbocycles. The van der Waals surface area contributed by atoms with Gasteiger partial charge in [0.1, 0.15) is 11.6 Å². The summed E-state index contributed by atoms with van der Waals surface area (Å²) in [5.41, 5.74) is 1.12. The van der Waals surface area contributed by atoms with Gasteiger partial charge in [0, 0.05) is 24.2 Å². The molecule has 94 valence electrons. The molecular weight excluding hydrogens is 361 g/mol. The maximum Gasteiger partial charge on any atom is 0.143 e. The molecule has 1 N–H and O–H groups in total. The molecule has 2 aromatic rings. The van der Waals surface area contributed by atoms with Gasteiger partial charge in [-0.3, -0.25) is 0 Å². The van der Waals surface area contributed by atoms with Crippen molar-refractivity contribution >= 4 is 40.0 Å². The Morgan fingerprint density at radius 2 is 2.22 bits per heavy atom. The Morgan fingerprint density at radius 3 is 2.94 bits per heavy atom. The maximum atomic E-state index is 5.96. The van der Waals surface area contributed by atoms with Crippen LogP contribution < -0.4 is 5.32 Å². The van der Waals surface area contributed by atoms with Gasteiger partial charge in [-0.2, -0.15) is 0 Å². The highest BCUT2D eigenvalue weighted by molar-refractivity contribution is 14.1. The van der Waals surface area contributed by atoms with Crippen LogP contribution in [0, 0.1) is 3.57 Å². The van der Waals surface area contributed by atoms with Gasteiger partial charge in [-0.1, -0.05) is 23.7 Å². The molecule has 0 atom stereocenters. The predicted molar refractivity (Wildman–Crippen MR) is 83.2 cm³/mol. The van der Waals surface area contributed by atoms with E-state index in [-0.39, 0.29) is 0 Å². The molecule has 3 nitrogen and oxygen atoms in total. The van der Waals surface area contributed by atoms with E-state index in [1.807, 2.05) is 30.5 Å². The minimum Gasteiger partial charge on any atom is -0.369 e. The third-order valence-corrected chi connectivity index (χ3v) is 3.41. The molecule has 0 radical (unpaired) electrons. The molecule has 0 spiro atoms. The summed E-state index contributed by atoms with van der Waals surface area (Å²) in [7, 11) is 0. The molecule has 1 aromatic heterocycles. The average molecular weight is 374 g/mol. The third kappa shape index (κ3) is 3.55. The van der Waals surface area contributed by atoms with E-state index in [1.165, 1.54) is 0 Å². The van der Waals surface area contributed by atoms with Crippen molar-refractivity contribution in [1.82, 2.24) is 9.97 Å². The van der Waals surface area contributed by atoms with Crippen molar-refractivity contribution in [3.05, 3.63) is 50.4 Å². The third-order valence-electron chi connectivity index (χ3n) is 2.39. The number of aromatic nitrogens is 2. The number of hydrogen-bond donors (Lipinski definition) is 1. The summed E-state index contributed by atoms with van der Waals surface area (Å²) in [6, 6.07) is 7.77. The van der Waals surface area contributed by atoms with Gasteiger partial charge in [0.25, 0.3) is 0 Å². The second kappa shape index (κ2) is 6.33. The molecule has 2 rings (SSSR count). The highest BCUT2D eigenvalue weighted by Crippen LogP contribution is 2.17. The van der Waals surface area contributed by atoms with Crippen molar-refractivity contribution in [2.75, 3.05) is 11.9 Å². The summed E-state index contributed by atoms with van der Waals surface area (Å²) in [4.78, 5) is 8.86. The quantitative estimate of drug-likeness (QED) is 0.829. The smallest absolute Gasteiger partial charge is 0.143 e. The zero-order valence-electron chi connectivity index (χ0n) is 9.95. The van der Waals surface area contributed by atoms with Crippen molar-refractivity contribution < 1.29 is 0 Å². The minimum absolute atomic E-state index is 0.690. The lowest BCUT2D eigenvalue weighted by atomic mass is 10.1. The normalized spacial score (nSPS) is 10.4. The Hall–Kier alpha value is -0.880. The van der Waals surface area contributed by atoms with Crippen LogP contribution in [0.15, 0.2) is 30.5 Å². The molecule has 0 aliphatic carbocycles. The largest absolute Gasteiger partial charge is 0.369 e. The molecule has 0 bridgehead atoms. The van der Waals surface area contributed by atoms with E-state index in [4.69, 9.17) is 11.6 Å². The molecule has 18 heavy (non-hydrogen) atoms. The van der Waals surface area contributed by atoms with Gasteiger partial charge in [0.05, 0.1) is 3.57 Å². The fourth-order valence-electron chi connectivity index (χ4n) is 1.61. The fraction of sp³-hybridized carbons (Fsp3) is 0.231. The van der Waals surface area contributed by atoms with Gasteiger partial charge in [0.15, 0.2) is 0 Å². The number of rotatable bonds is 4. The molecule has 1 heterocycles. The molecule has 0 unspecified atom stereocenters. The van der Waals surface area contributed by atoms with Crippen molar-refractivity contribution in [1.29, 1.82) is 0 Å². The summed E-state index contributed by atoms with van der Waals surface area (Å²) in [6.07, 6.45) is 2.53. The molecule has 0 aliphatic rings. The Bertz CT molecular complexity index is 546. The average Bonchev–Trinajstić information content (AvgIpc) is 2.34. The van der Waals surface area contributed by atoms with E-state index in [2.05, 4.69) is 44.8 Å². The second-order valence-corrected chi connectivity index (χ2v) is 5.42. The Labute approximate surface area is 125 Å². The Balaban J connectivity index is 2.21. The number of nitrogens with zero attached hydrogens (tertiary/aromatic N) is 2. The van der Waals surface area contributed by atoms with Gasteiger partial charge in [-0.05, 0) is 47.2 Å². The van der Waals surface area contributed by atoms with Crippen LogP contribution in [-0.4, -0.2) is 16.5 Å². The van der Waals surface area contributed by atoms with E-state index in [1.54, 1.807) is 0 Å². The summed E-state index contributed by atoms with van der Waals surface area (Å²) in [6.45, 7) is 2.90. The highest BCUT2D eigenvalue weighted by Gasteiger charge is 2.05. The Morgan fingerprint density at radius 1 is 1.39 bits per heavy atom. The van der Waals surface area contributed by atoms with Gasteiger partial charge in [-0.25, -0.2) is 9.97 Å². The summed E-state index contributed by atoms with van der Waals surface area (Å²) >= 11 is 8.19. The first-order valence-corrected chi connectivity index (χ1v) is 7.14. The minimum atomic E-state index is 0.690. The van der Waals surface area contributed by atoms with E-state index in [0.29, 0.717) is 6.42 Å². The monoisotopic (exact) mass is 373 g/mol.